The number of esters is 1. The minimum absolute atomic E-state index is 0. The van der Waals surface area contributed by atoms with Crippen molar-refractivity contribution in [1.82, 2.24) is 10.2 Å². The van der Waals surface area contributed by atoms with Crippen LogP contribution in [-0.2, 0) is 9.53 Å². The lowest BCUT2D eigenvalue weighted by atomic mass is 10.1. The van der Waals surface area contributed by atoms with Crippen molar-refractivity contribution in [1.29, 1.82) is 0 Å². The Morgan fingerprint density at radius 3 is 2.50 bits per heavy atom. The van der Waals surface area contributed by atoms with Crippen molar-refractivity contribution in [3.05, 3.63) is 0 Å². The molecular weight excluding hydrogens is 228 g/mol. The minimum atomic E-state index is -0.0544. The third-order valence-electron chi connectivity index (χ3n) is 2.71. The number of hydrogen-bond acceptors (Lipinski definition) is 4. The molecule has 96 valence electrons. The van der Waals surface area contributed by atoms with E-state index in [0.29, 0.717) is 6.61 Å². The van der Waals surface area contributed by atoms with Crippen molar-refractivity contribution in [3.8, 4) is 0 Å². The van der Waals surface area contributed by atoms with E-state index in [1.54, 1.807) is 0 Å². The van der Waals surface area contributed by atoms with Gasteiger partial charge in [0.15, 0.2) is 0 Å². The third kappa shape index (κ3) is 4.68. The Balaban J connectivity index is 0.00000225. The molecule has 1 N–H and O–H groups in total. The van der Waals surface area contributed by atoms with Gasteiger partial charge in [-0.05, 0) is 13.3 Å². The Kier molecular flexibility index (Phi) is 8.61. The highest BCUT2D eigenvalue weighted by Gasteiger charge is 2.26. The van der Waals surface area contributed by atoms with Gasteiger partial charge in [-0.3, -0.25) is 9.69 Å². The van der Waals surface area contributed by atoms with E-state index in [1.807, 2.05) is 6.92 Å². The molecule has 0 aromatic carbocycles. The van der Waals surface area contributed by atoms with Crippen LogP contribution < -0.4 is 5.32 Å². The summed E-state index contributed by atoms with van der Waals surface area (Å²) >= 11 is 0. The van der Waals surface area contributed by atoms with Crippen LogP contribution in [0.15, 0.2) is 0 Å². The summed E-state index contributed by atoms with van der Waals surface area (Å²) in [5.41, 5.74) is 0. The number of halogens is 1. The number of rotatable bonds is 5. The number of hydrogen-bond donors (Lipinski definition) is 1. The molecule has 1 atom stereocenters. The largest absolute Gasteiger partial charge is 0.465 e. The molecule has 4 nitrogen and oxygen atoms in total. The van der Waals surface area contributed by atoms with Gasteiger partial charge >= 0.3 is 5.97 Å². The Morgan fingerprint density at radius 2 is 2.00 bits per heavy atom. The zero-order valence-corrected chi connectivity index (χ0v) is 11.0. The highest BCUT2D eigenvalue weighted by Crippen LogP contribution is 2.10. The number of nitrogens with zero attached hydrogens (tertiary/aromatic N) is 1. The topological polar surface area (TPSA) is 41.6 Å². The maximum atomic E-state index is 11.7. The van der Waals surface area contributed by atoms with Crippen LogP contribution in [0.2, 0.25) is 0 Å². The fraction of sp³-hybridized carbons (Fsp3) is 0.909. The molecule has 0 aromatic rings. The van der Waals surface area contributed by atoms with Crippen molar-refractivity contribution >= 4 is 18.4 Å². The van der Waals surface area contributed by atoms with Gasteiger partial charge in [0, 0.05) is 26.2 Å². The van der Waals surface area contributed by atoms with E-state index in [4.69, 9.17) is 4.74 Å². The van der Waals surface area contributed by atoms with Crippen molar-refractivity contribution < 1.29 is 9.53 Å². The van der Waals surface area contributed by atoms with Crippen molar-refractivity contribution in [2.75, 3.05) is 32.8 Å². The van der Waals surface area contributed by atoms with Crippen LogP contribution in [-0.4, -0.2) is 49.7 Å². The molecule has 0 aromatic heterocycles. The molecule has 0 bridgehead atoms. The first-order valence-corrected chi connectivity index (χ1v) is 5.91. The highest BCUT2D eigenvalue weighted by atomic mass is 35.5. The van der Waals surface area contributed by atoms with Gasteiger partial charge in [0.05, 0.1) is 6.61 Å². The summed E-state index contributed by atoms with van der Waals surface area (Å²) in [7, 11) is 0. The highest BCUT2D eigenvalue weighted by molar-refractivity contribution is 5.85. The third-order valence-corrected chi connectivity index (χ3v) is 2.71. The second-order valence-electron chi connectivity index (χ2n) is 3.84. The van der Waals surface area contributed by atoms with Gasteiger partial charge < -0.3 is 10.1 Å². The minimum Gasteiger partial charge on any atom is -0.465 e. The van der Waals surface area contributed by atoms with E-state index >= 15 is 0 Å². The van der Waals surface area contributed by atoms with Crippen LogP contribution in [0.3, 0.4) is 0 Å². The molecular formula is C11H23ClN2O2. The van der Waals surface area contributed by atoms with Crippen molar-refractivity contribution in [2.24, 2.45) is 0 Å². The number of carbonyl (C=O) groups excluding carboxylic acids is 1. The van der Waals surface area contributed by atoms with Crippen LogP contribution in [0.4, 0.5) is 0 Å². The molecule has 1 aliphatic rings. The van der Waals surface area contributed by atoms with Gasteiger partial charge in [0.25, 0.3) is 0 Å². The number of ether oxygens (including phenoxy) is 1. The van der Waals surface area contributed by atoms with Crippen LogP contribution in [0.1, 0.15) is 26.7 Å². The van der Waals surface area contributed by atoms with E-state index < -0.39 is 0 Å². The second-order valence-corrected chi connectivity index (χ2v) is 3.84. The predicted octanol–water partition coefficient (Wildman–Crippen LogP) is 1.05. The summed E-state index contributed by atoms with van der Waals surface area (Å²) in [6, 6.07) is -0.0305. The van der Waals surface area contributed by atoms with E-state index in [2.05, 4.69) is 17.1 Å². The average molecular weight is 251 g/mol. The smallest absolute Gasteiger partial charge is 0.323 e. The second kappa shape index (κ2) is 8.79. The van der Waals surface area contributed by atoms with Gasteiger partial charge in [-0.1, -0.05) is 13.3 Å². The maximum absolute atomic E-state index is 11.7. The fourth-order valence-electron chi connectivity index (χ4n) is 1.96. The van der Waals surface area contributed by atoms with Crippen molar-refractivity contribution in [2.45, 2.75) is 32.7 Å². The molecule has 1 rings (SSSR count). The summed E-state index contributed by atoms with van der Waals surface area (Å²) in [4.78, 5) is 14.0. The monoisotopic (exact) mass is 250 g/mol. The molecule has 0 amide bonds. The first-order chi connectivity index (χ1) is 7.29. The standard InChI is InChI=1S/C11H22N2O2.ClH/c1-3-5-10(11(14)15-4-2)13-8-6-12-7-9-13;/h10,12H,3-9H2,1-2H3;1H. The predicted molar refractivity (Wildman–Crippen MR) is 67.0 cm³/mol. The molecule has 0 aliphatic carbocycles. The summed E-state index contributed by atoms with van der Waals surface area (Å²) in [6.45, 7) is 8.28. The van der Waals surface area contributed by atoms with Crippen LogP contribution in [0.25, 0.3) is 0 Å². The number of carbonyl (C=O) groups is 1. The average Bonchev–Trinajstić information content (AvgIpc) is 2.27. The summed E-state index contributed by atoms with van der Waals surface area (Å²) < 4.78 is 5.11. The van der Waals surface area contributed by atoms with Crippen LogP contribution in [0, 0.1) is 0 Å². The van der Waals surface area contributed by atoms with Gasteiger partial charge in [0.2, 0.25) is 0 Å². The Labute approximate surface area is 104 Å². The van der Waals surface area contributed by atoms with Gasteiger partial charge in [-0.25, -0.2) is 0 Å². The Bertz CT molecular complexity index is 196. The SMILES string of the molecule is CCCC(C(=O)OCC)N1CCNCC1.Cl. The first-order valence-electron chi connectivity index (χ1n) is 5.91. The molecule has 1 unspecified atom stereocenters. The first kappa shape index (κ1) is 15.7. The van der Waals surface area contributed by atoms with Gasteiger partial charge in [-0.15, -0.1) is 12.4 Å². The fourth-order valence-corrected chi connectivity index (χ4v) is 1.96. The van der Waals surface area contributed by atoms with Crippen molar-refractivity contribution in [3.63, 3.8) is 0 Å². The zero-order chi connectivity index (χ0) is 11.1. The maximum Gasteiger partial charge on any atom is 0.323 e. The molecule has 16 heavy (non-hydrogen) atoms. The van der Waals surface area contributed by atoms with Gasteiger partial charge in [0.1, 0.15) is 6.04 Å². The quantitative estimate of drug-likeness (QED) is 0.741. The normalized spacial score (nSPS) is 18.6. The Morgan fingerprint density at radius 1 is 1.38 bits per heavy atom. The molecule has 0 spiro atoms. The number of nitrogens with one attached hydrogen (secondary N) is 1. The molecule has 5 heteroatoms. The molecule has 0 radical (unpaired) electrons. The van der Waals surface area contributed by atoms with Crippen LogP contribution in [0.5, 0.6) is 0 Å². The van der Waals surface area contributed by atoms with E-state index in [9.17, 15) is 4.79 Å². The molecule has 1 heterocycles. The van der Waals surface area contributed by atoms with Crippen LogP contribution >= 0.6 is 12.4 Å². The summed E-state index contributed by atoms with van der Waals surface area (Å²) in [5, 5.41) is 3.29. The zero-order valence-electron chi connectivity index (χ0n) is 10.2. The molecule has 1 saturated heterocycles. The van der Waals surface area contributed by atoms with E-state index in [-0.39, 0.29) is 24.4 Å². The molecule has 1 fully saturated rings. The van der Waals surface area contributed by atoms with E-state index in [1.165, 1.54) is 0 Å². The van der Waals surface area contributed by atoms with Gasteiger partial charge in [-0.2, -0.15) is 0 Å². The lowest BCUT2D eigenvalue weighted by molar-refractivity contribution is -0.150. The molecule has 1 aliphatic heterocycles. The Hall–Kier alpha value is -0.320. The summed E-state index contributed by atoms with van der Waals surface area (Å²) in [5.74, 6) is -0.0544. The molecule has 0 saturated carbocycles. The lowest BCUT2D eigenvalue weighted by Gasteiger charge is -2.33. The summed E-state index contributed by atoms with van der Waals surface area (Å²) in [6.07, 6.45) is 1.92. The van der Waals surface area contributed by atoms with E-state index in [0.717, 1.165) is 39.0 Å². The lowest BCUT2D eigenvalue weighted by Crippen LogP contribution is -2.51. The number of piperazine rings is 1.